The second kappa shape index (κ2) is 15.2. The highest BCUT2D eigenvalue weighted by Crippen LogP contribution is 2.50. The van der Waals surface area contributed by atoms with Crippen LogP contribution in [-0.4, -0.2) is 20.4 Å². The minimum atomic E-state index is -0.543. The number of aromatic hydroxyl groups is 4. The molecule has 4 nitrogen and oxygen atoms in total. The molecule has 0 fully saturated rings. The summed E-state index contributed by atoms with van der Waals surface area (Å²) >= 11 is 0. The summed E-state index contributed by atoms with van der Waals surface area (Å²) in [7, 11) is 0. The molecule has 0 saturated heterocycles. The first kappa shape index (κ1) is 42.6. The normalized spacial score (nSPS) is 16.1. The minimum Gasteiger partial charge on any atom is -0.507 e. The zero-order chi connectivity index (χ0) is 43.7. The SMILES string of the molecule is CC(C)(C)c1cc2c(O)c(c1)C(c1ccccc1)c1cc(C(C)(C)C)cc(c1O)Cc1cc(C(C)(C)C)cc(c1O)C(c1ccccc1)c1cc(C(C)(C)C)cc(c1O)C2. The molecule has 0 heterocycles. The lowest BCUT2D eigenvalue weighted by Gasteiger charge is -2.31. The first-order valence-electron chi connectivity index (χ1n) is 21.5. The van der Waals surface area contributed by atoms with E-state index in [0.717, 1.165) is 33.4 Å². The molecule has 6 aromatic rings. The van der Waals surface area contributed by atoms with Crippen LogP contribution in [0.25, 0.3) is 0 Å². The van der Waals surface area contributed by atoms with Crippen LogP contribution in [-0.2, 0) is 34.5 Å². The summed E-state index contributed by atoms with van der Waals surface area (Å²) in [5.74, 6) is -0.510. The van der Waals surface area contributed by atoms with Crippen molar-refractivity contribution in [2.75, 3.05) is 0 Å². The molecule has 7 rings (SSSR count). The second-order valence-corrected chi connectivity index (χ2v) is 21.3. The van der Waals surface area contributed by atoms with Crippen LogP contribution in [0.2, 0.25) is 0 Å². The van der Waals surface area contributed by atoms with Gasteiger partial charge in [-0.1, -0.05) is 192 Å². The van der Waals surface area contributed by atoms with Gasteiger partial charge >= 0.3 is 0 Å². The highest BCUT2D eigenvalue weighted by atomic mass is 16.3. The van der Waals surface area contributed by atoms with E-state index in [0.29, 0.717) is 44.5 Å². The van der Waals surface area contributed by atoms with E-state index in [1.54, 1.807) is 0 Å². The summed E-state index contributed by atoms with van der Waals surface area (Å²) in [6, 6.07) is 37.0. The molecule has 1 aliphatic rings. The third-order valence-electron chi connectivity index (χ3n) is 12.6. The summed E-state index contributed by atoms with van der Waals surface area (Å²) in [5.41, 5.74) is 10.4. The van der Waals surface area contributed by atoms with Crippen molar-refractivity contribution in [1.29, 1.82) is 0 Å². The fourth-order valence-corrected chi connectivity index (χ4v) is 8.78. The number of fused-ring (bicyclic) bond motifs is 8. The van der Waals surface area contributed by atoms with Crippen LogP contribution in [0.4, 0.5) is 0 Å². The molecular formula is C56H64O4. The summed E-state index contributed by atoms with van der Waals surface area (Å²) in [6.07, 6.45) is 0.514. The molecule has 0 aromatic heterocycles. The van der Waals surface area contributed by atoms with E-state index in [4.69, 9.17) is 0 Å². The number of phenols is 4. The molecular weight excluding hydrogens is 737 g/mol. The number of rotatable bonds is 2. The Morgan fingerprint density at radius 2 is 0.550 bits per heavy atom. The van der Waals surface area contributed by atoms with Crippen molar-refractivity contribution in [2.24, 2.45) is 0 Å². The maximum atomic E-state index is 12.8. The molecule has 0 aliphatic heterocycles. The monoisotopic (exact) mass is 800 g/mol. The van der Waals surface area contributed by atoms with Crippen LogP contribution in [0.5, 0.6) is 23.0 Å². The predicted molar refractivity (Wildman–Crippen MR) is 248 cm³/mol. The molecule has 4 N–H and O–H groups in total. The van der Waals surface area contributed by atoms with Gasteiger partial charge in [-0.25, -0.2) is 0 Å². The number of phenolic OH excluding ortho intramolecular Hbond substituents is 4. The van der Waals surface area contributed by atoms with Gasteiger partial charge in [0.1, 0.15) is 23.0 Å². The molecule has 1 aliphatic carbocycles. The second-order valence-electron chi connectivity index (χ2n) is 21.3. The summed E-state index contributed by atoms with van der Waals surface area (Å²) < 4.78 is 0. The highest BCUT2D eigenvalue weighted by molar-refractivity contribution is 5.64. The Hall–Kier alpha value is -5.48. The molecule has 0 unspecified atom stereocenters. The van der Waals surface area contributed by atoms with Gasteiger partial charge in [0, 0.05) is 46.9 Å². The Kier molecular flexibility index (Phi) is 10.8. The Morgan fingerprint density at radius 3 is 0.750 bits per heavy atom. The van der Waals surface area contributed by atoms with Crippen LogP contribution in [0.3, 0.4) is 0 Å². The Balaban J connectivity index is 1.70. The fourth-order valence-electron chi connectivity index (χ4n) is 8.78. The van der Waals surface area contributed by atoms with Gasteiger partial charge in [0.15, 0.2) is 0 Å². The van der Waals surface area contributed by atoms with Crippen LogP contribution in [0, 0.1) is 0 Å². The van der Waals surface area contributed by atoms with Crippen LogP contribution in [0.15, 0.2) is 109 Å². The lowest BCUT2D eigenvalue weighted by Crippen LogP contribution is -2.18. The van der Waals surface area contributed by atoms with E-state index in [1.165, 1.54) is 0 Å². The lowest BCUT2D eigenvalue weighted by atomic mass is 9.74. The van der Waals surface area contributed by atoms with Gasteiger partial charge in [-0.15, -0.1) is 0 Å². The quantitative estimate of drug-likeness (QED) is 0.140. The van der Waals surface area contributed by atoms with Gasteiger partial charge in [-0.2, -0.15) is 0 Å². The highest BCUT2D eigenvalue weighted by Gasteiger charge is 2.34. The van der Waals surface area contributed by atoms with Gasteiger partial charge in [0.25, 0.3) is 0 Å². The number of hydrogen-bond donors (Lipinski definition) is 4. The maximum Gasteiger partial charge on any atom is 0.123 e. The van der Waals surface area contributed by atoms with Crippen molar-refractivity contribution in [1.82, 2.24) is 0 Å². The van der Waals surface area contributed by atoms with E-state index in [9.17, 15) is 20.4 Å². The first-order valence-corrected chi connectivity index (χ1v) is 21.5. The van der Waals surface area contributed by atoms with Gasteiger partial charge in [-0.05, 0) is 77.3 Å². The van der Waals surface area contributed by atoms with Crippen molar-refractivity contribution in [3.8, 4) is 23.0 Å². The fraction of sp³-hybridized carbons (Fsp3) is 0.357. The molecule has 0 atom stereocenters. The lowest BCUT2D eigenvalue weighted by molar-refractivity contribution is 0.444. The average molecular weight is 801 g/mol. The Morgan fingerprint density at radius 1 is 0.333 bits per heavy atom. The smallest absolute Gasteiger partial charge is 0.123 e. The zero-order valence-electron chi connectivity index (χ0n) is 37.8. The van der Waals surface area contributed by atoms with Crippen LogP contribution >= 0.6 is 0 Å². The molecule has 8 bridgehead atoms. The molecule has 0 spiro atoms. The van der Waals surface area contributed by atoms with Crippen molar-refractivity contribution < 1.29 is 20.4 Å². The average Bonchev–Trinajstić information content (AvgIpc) is 3.16. The molecule has 6 aromatic carbocycles. The topological polar surface area (TPSA) is 80.9 Å². The molecule has 312 valence electrons. The summed E-state index contributed by atoms with van der Waals surface area (Å²) in [6.45, 7) is 26.1. The first-order chi connectivity index (χ1) is 27.9. The third-order valence-corrected chi connectivity index (χ3v) is 12.6. The zero-order valence-corrected chi connectivity index (χ0v) is 37.8. The van der Waals surface area contributed by atoms with E-state index in [-0.39, 0.29) is 57.5 Å². The van der Waals surface area contributed by atoms with Crippen molar-refractivity contribution in [3.05, 3.63) is 187 Å². The van der Waals surface area contributed by atoms with E-state index >= 15 is 0 Å². The minimum absolute atomic E-state index is 0.144. The van der Waals surface area contributed by atoms with Gasteiger partial charge in [0.2, 0.25) is 0 Å². The summed E-state index contributed by atoms with van der Waals surface area (Å²) in [4.78, 5) is 0. The molecule has 60 heavy (non-hydrogen) atoms. The van der Waals surface area contributed by atoms with Gasteiger partial charge in [-0.3, -0.25) is 0 Å². The van der Waals surface area contributed by atoms with Crippen molar-refractivity contribution >= 4 is 0 Å². The summed E-state index contributed by atoms with van der Waals surface area (Å²) in [5, 5.41) is 51.1. The predicted octanol–water partition coefficient (Wildman–Crippen LogP) is 13.6. The molecule has 0 radical (unpaired) electrons. The largest absolute Gasteiger partial charge is 0.507 e. The standard InChI is InChI=1S/C56H64O4/c1-53(2,3)39-25-35-23-36-26-40(54(4,5)6)31-45(50(36)58)48(34-21-17-14-18-22-34)46-32-42(56(10,11)12)28-38(52(46)60)24-37-27-41(55(7,8)9)30-44(51(37)59)47(43(29-39)49(35)57)33-19-15-13-16-20-33/h13-22,25-32,47-48,57-60H,23-24H2,1-12H3. The van der Waals surface area contributed by atoms with E-state index < -0.39 is 11.8 Å². The van der Waals surface area contributed by atoms with Gasteiger partial charge < -0.3 is 20.4 Å². The molecule has 0 amide bonds. The molecule has 4 heteroatoms. The third kappa shape index (κ3) is 8.18. The van der Waals surface area contributed by atoms with Crippen LogP contribution in [0.1, 0.15) is 173 Å². The van der Waals surface area contributed by atoms with Crippen LogP contribution < -0.4 is 0 Å². The van der Waals surface area contributed by atoms with E-state index in [1.807, 2.05) is 36.4 Å². The maximum absolute atomic E-state index is 12.8. The van der Waals surface area contributed by atoms with Crippen molar-refractivity contribution in [2.45, 2.75) is 129 Å². The van der Waals surface area contributed by atoms with Crippen molar-refractivity contribution in [3.63, 3.8) is 0 Å². The Bertz CT molecular complexity index is 2230. The van der Waals surface area contributed by atoms with E-state index in [2.05, 4.69) is 156 Å². The number of benzene rings is 6. The Labute approximate surface area is 358 Å². The molecule has 0 saturated carbocycles. The van der Waals surface area contributed by atoms with Gasteiger partial charge in [0.05, 0.1) is 0 Å². The number of hydrogen-bond acceptors (Lipinski definition) is 4.